The number of amides is 1. The molecule has 0 N–H and O–H groups in total. The van der Waals surface area contributed by atoms with Crippen LogP contribution in [0.3, 0.4) is 0 Å². The lowest BCUT2D eigenvalue weighted by Crippen LogP contribution is -2.38. The van der Waals surface area contributed by atoms with Gasteiger partial charge in [0.05, 0.1) is 6.04 Å². The first-order valence-electron chi connectivity index (χ1n) is 6.29. The maximum atomic E-state index is 12.6. The second kappa shape index (κ2) is 5.25. The fourth-order valence-electron chi connectivity index (χ4n) is 2.55. The summed E-state index contributed by atoms with van der Waals surface area (Å²) >= 11 is 4.06. The Morgan fingerprint density at radius 3 is 2.79 bits per heavy atom. The highest BCUT2D eigenvalue weighted by Gasteiger charge is 2.28. The molecule has 1 aliphatic rings. The summed E-state index contributed by atoms with van der Waals surface area (Å²) in [5, 5.41) is 2.13. The monoisotopic (exact) mass is 383 g/mol. The molecular weight excluding hydrogens is 369 g/mol. The zero-order chi connectivity index (χ0) is 13.4. The molecule has 1 aliphatic heterocycles. The summed E-state index contributed by atoms with van der Waals surface area (Å²) in [5.41, 5.74) is 2.10. The molecule has 2 aromatic rings. The quantitative estimate of drug-likeness (QED) is 0.679. The molecule has 0 radical (unpaired) electrons. The molecule has 0 spiro atoms. The first-order valence-corrected chi connectivity index (χ1v) is 8.25. The lowest BCUT2D eigenvalue weighted by Gasteiger charge is -2.33. The van der Waals surface area contributed by atoms with Gasteiger partial charge in [0.25, 0.3) is 5.91 Å². The molecule has 98 valence electrons. The zero-order valence-electron chi connectivity index (χ0n) is 10.6. The minimum Gasteiger partial charge on any atom is -0.331 e. The Morgan fingerprint density at radius 1 is 1.32 bits per heavy atom. The summed E-state index contributed by atoms with van der Waals surface area (Å²) in [6, 6.07) is 10.1. The van der Waals surface area contributed by atoms with Gasteiger partial charge in [-0.1, -0.05) is 0 Å². The van der Waals surface area contributed by atoms with Crippen LogP contribution in [-0.4, -0.2) is 17.4 Å². The van der Waals surface area contributed by atoms with Crippen molar-refractivity contribution in [3.05, 3.63) is 55.3 Å². The summed E-state index contributed by atoms with van der Waals surface area (Å²) in [4.78, 5) is 16.0. The zero-order valence-corrected chi connectivity index (χ0v) is 13.6. The highest BCUT2D eigenvalue weighted by atomic mass is 127. The number of hydrogen-bond donors (Lipinski definition) is 0. The van der Waals surface area contributed by atoms with Crippen LogP contribution in [0.2, 0.25) is 0 Å². The number of hydrogen-bond acceptors (Lipinski definition) is 2. The number of thiophene rings is 1. The van der Waals surface area contributed by atoms with Gasteiger partial charge in [-0.05, 0) is 77.2 Å². The Hall–Kier alpha value is -0.880. The molecule has 1 aromatic heterocycles. The maximum absolute atomic E-state index is 12.6. The minimum atomic E-state index is 0.140. The van der Waals surface area contributed by atoms with Crippen LogP contribution >= 0.6 is 33.9 Å². The number of halogens is 1. The smallest absolute Gasteiger partial charge is 0.254 e. The molecule has 0 saturated heterocycles. The molecule has 19 heavy (non-hydrogen) atoms. The van der Waals surface area contributed by atoms with E-state index in [4.69, 9.17) is 0 Å². The Bertz CT molecular complexity index is 605. The predicted molar refractivity (Wildman–Crippen MR) is 86.6 cm³/mol. The van der Waals surface area contributed by atoms with Gasteiger partial charge in [-0.25, -0.2) is 0 Å². The molecule has 0 saturated carbocycles. The number of fused-ring (bicyclic) bond motifs is 1. The molecule has 2 heterocycles. The van der Waals surface area contributed by atoms with Crippen LogP contribution < -0.4 is 0 Å². The van der Waals surface area contributed by atoms with Crippen molar-refractivity contribution in [1.82, 2.24) is 4.90 Å². The van der Waals surface area contributed by atoms with Crippen molar-refractivity contribution in [3.8, 4) is 0 Å². The maximum Gasteiger partial charge on any atom is 0.254 e. The molecule has 4 heteroatoms. The van der Waals surface area contributed by atoms with Gasteiger partial charge in [0, 0.05) is 20.6 Å². The van der Waals surface area contributed by atoms with Gasteiger partial charge in [0.1, 0.15) is 0 Å². The van der Waals surface area contributed by atoms with Gasteiger partial charge in [0.15, 0.2) is 0 Å². The van der Waals surface area contributed by atoms with E-state index in [0.717, 1.165) is 22.1 Å². The van der Waals surface area contributed by atoms with E-state index in [2.05, 4.69) is 41.0 Å². The topological polar surface area (TPSA) is 20.3 Å². The molecule has 1 atom stereocenters. The normalized spacial score (nSPS) is 18.2. The summed E-state index contributed by atoms with van der Waals surface area (Å²) in [5.74, 6) is 0.140. The largest absolute Gasteiger partial charge is 0.331 e. The molecule has 3 rings (SSSR count). The number of rotatable bonds is 1. The molecular formula is C15H14INOS. The van der Waals surface area contributed by atoms with E-state index in [-0.39, 0.29) is 11.9 Å². The van der Waals surface area contributed by atoms with Crippen LogP contribution in [0.25, 0.3) is 0 Å². The first kappa shape index (κ1) is 13.1. The molecule has 2 nitrogen and oxygen atoms in total. The van der Waals surface area contributed by atoms with Gasteiger partial charge in [-0.15, -0.1) is 11.3 Å². The Balaban J connectivity index is 1.87. The van der Waals surface area contributed by atoms with E-state index in [1.54, 1.807) is 11.3 Å². The summed E-state index contributed by atoms with van der Waals surface area (Å²) in [6.07, 6.45) is 0.980. The van der Waals surface area contributed by atoms with E-state index < -0.39 is 0 Å². The average molecular weight is 383 g/mol. The van der Waals surface area contributed by atoms with Crippen LogP contribution in [0.15, 0.2) is 35.7 Å². The summed E-state index contributed by atoms with van der Waals surface area (Å²) in [6.45, 7) is 2.94. The van der Waals surface area contributed by atoms with Crippen LogP contribution in [0, 0.1) is 3.57 Å². The third kappa shape index (κ3) is 2.43. The van der Waals surface area contributed by atoms with Crippen molar-refractivity contribution in [2.45, 2.75) is 19.4 Å². The number of benzene rings is 1. The molecule has 0 fully saturated rings. The van der Waals surface area contributed by atoms with E-state index in [0.29, 0.717) is 0 Å². The van der Waals surface area contributed by atoms with Crippen LogP contribution in [0.1, 0.15) is 33.8 Å². The van der Waals surface area contributed by atoms with Crippen molar-refractivity contribution >= 4 is 39.8 Å². The highest BCUT2D eigenvalue weighted by Crippen LogP contribution is 2.33. The van der Waals surface area contributed by atoms with Crippen LogP contribution in [0.4, 0.5) is 0 Å². The molecule has 1 unspecified atom stereocenters. The van der Waals surface area contributed by atoms with Gasteiger partial charge in [-0.3, -0.25) is 4.79 Å². The van der Waals surface area contributed by atoms with E-state index in [1.807, 2.05) is 29.2 Å². The number of carbonyl (C=O) groups excluding carboxylic acids is 1. The Kier molecular flexibility index (Phi) is 3.62. The van der Waals surface area contributed by atoms with Crippen molar-refractivity contribution in [2.24, 2.45) is 0 Å². The molecule has 0 aliphatic carbocycles. The fraction of sp³-hybridized carbons (Fsp3) is 0.267. The van der Waals surface area contributed by atoms with E-state index >= 15 is 0 Å². The lowest BCUT2D eigenvalue weighted by atomic mass is 10.0. The van der Waals surface area contributed by atoms with Crippen molar-refractivity contribution in [2.75, 3.05) is 6.54 Å². The van der Waals surface area contributed by atoms with E-state index in [9.17, 15) is 4.79 Å². The first-order chi connectivity index (χ1) is 9.16. The average Bonchev–Trinajstić information content (AvgIpc) is 2.88. The number of nitrogens with zero attached hydrogens (tertiary/aromatic N) is 1. The van der Waals surface area contributed by atoms with Crippen LogP contribution in [0.5, 0.6) is 0 Å². The van der Waals surface area contributed by atoms with E-state index in [1.165, 1.54) is 10.4 Å². The molecule has 1 aromatic carbocycles. The minimum absolute atomic E-state index is 0.140. The number of carbonyl (C=O) groups is 1. The molecule has 0 bridgehead atoms. The Morgan fingerprint density at radius 2 is 2.05 bits per heavy atom. The van der Waals surface area contributed by atoms with Gasteiger partial charge in [0.2, 0.25) is 0 Å². The SMILES string of the molecule is CC1c2ccsc2CCN1C(=O)c1ccc(I)cc1. The summed E-state index contributed by atoms with van der Waals surface area (Å²) < 4.78 is 1.15. The Labute approximate surface area is 130 Å². The second-order valence-electron chi connectivity index (χ2n) is 4.73. The lowest BCUT2D eigenvalue weighted by molar-refractivity contribution is 0.0679. The molecule has 1 amide bonds. The third-order valence-electron chi connectivity index (χ3n) is 3.63. The second-order valence-corrected chi connectivity index (χ2v) is 6.98. The van der Waals surface area contributed by atoms with Crippen LogP contribution in [-0.2, 0) is 6.42 Å². The van der Waals surface area contributed by atoms with Crippen molar-refractivity contribution < 1.29 is 4.79 Å². The summed E-state index contributed by atoms with van der Waals surface area (Å²) in [7, 11) is 0. The van der Waals surface area contributed by atoms with Crippen molar-refractivity contribution in [1.29, 1.82) is 0 Å². The van der Waals surface area contributed by atoms with Gasteiger partial charge < -0.3 is 4.90 Å². The predicted octanol–water partition coefficient (Wildman–Crippen LogP) is 4.11. The van der Waals surface area contributed by atoms with Gasteiger partial charge >= 0.3 is 0 Å². The van der Waals surface area contributed by atoms with Gasteiger partial charge in [-0.2, -0.15) is 0 Å². The highest BCUT2D eigenvalue weighted by molar-refractivity contribution is 14.1. The standard InChI is InChI=1S/C15H14INOS/c1-10-13-7-9-19-14(13)6-8-17(10)15(18)11-2-4-12(16)5-3-11/h2-5,7,9-10H,6,8H2,1H3. The third-order valence-corrected chi connectivity index (χ3v) is 5.34. The fourth-order valence-corrected chi connectivity index (χ4v) is 3.87. The van der Waals surface area contributed by atoms with Crippen molar-refractivity contribution in [3.63, 3.8) is 0 Å².